The van der Waals surface area contributed by atoms with Crippen molar-refractivity contribution in [3.63, 3.8) is 0 Å². The van der Waals surface area contributed by atoms with Crippen molar-refractivity contribution < 1.29 is 14.3 Å². The van der Waals surface area contributed by atoms with E-state index in [2.05, 4.69) is 4.98 Å². The number of piperazine rings is 1. The number of ether oxygens (including phenoxy) is 1. The summed E-state index contributed by atoms with van der Waals surface area (Å²) in [5.74, 6) is 0.720. The van der Waals surface area contributed by atoms with Gasteiger partial charge in [-0.15, -0.1) is 0 Å². The van der Waals surface area contributed by atoms with Crippen LogP contribution in [0.15, 0.2) is 54.6 Å². The number of para-hydroxylation sites is 1. The average molecular weight is 377 g/mol. The molecule has 0 bridgehead atoms. The van der Waals surface area contributed by atoms with Crippen LogP contribution in [0.2, 0.25) is 0 Å². The van der Waals surface area contributed by atoms with E-state index in [1.807, 2.05) is 49.4 Å². The van der Waals surface area contributed by atoms with E-state index in [9.17, 15) is 9.59 Å². The zero-order chi connectivity index (χ0) is 19.5. The minimum Gasteiger partial charge on any atom is -0.494 e. The fraction of sp³-hybridized carbons (Fsp3) is 0.273. The quantitative estimate of drug-likeness (QED) is 0.760. The Balaban J connectivity index is 1.38. The maximum absolute atomic E-state index is 12.8. The van der Waals surface area contributed by atoms with E-state index < -0.39 is 0 Å². The molecule has 2 heterocycles. The minimum absolute atomic E-state index is 0.0132. The zero-order valence-electron chi connectivity index (χ0n) is 15.9. The third-order valence-electron chi connectivity index (χ3n) is 5.03. The smallest absolute Gasteiger partial charge is 0.270 e. The molecule has 2 aromatic carbocycles. The Kier molecular flexibility index (Phi) is 5.02. The highest BCUT2D eigenvalue weighted by molar-refractivity contribution is 5.98. The molecular formula is C22H23N3O3. The number of carbonyl (C=O) groups excluding carboxylic acids is 2. The van der Waals surface area contributed by atoms with Crippen molar-refractivity contribution in [1.29, 1.82) is 0 Å². The standard InChI is InChI=1S/C22H23N3O3/c1-2-28-18-9-7-16(8-10-18)21(26)24-11-13-25(14-12-24)22(27)20-15-17-5-3-4-6-19(17)23-20/h3-10,15,23H,2,11-14H2,1H3. The molecule has 28 heavy (non-hydrogen) atoms. The number of fused-ring (bicyclic) bond motifs is 1. The number of nitrogens with zero attached hydrogens (tertiary/aromatic N) is 2. The summed E-state index contributed by atoms with van der Waals surface area (Å²) < 4.78 is 5.42. The number of benzene rings is 2. The number of carbonyl (C=O) groups is 2. The Bertz CT molecular complexity index is 953. The van der Waals surface area contributed by atoms with Gasteiger partial charge in [-0.1, -0.05) is 18.2 Å². The SMILES string of the molecule is CCOc1ccc(C(=O)N2CCN(C(=O)c3cc4ccccc4[nH]3)CC2)cc1. The van der Waals surface area contributed by atoms with Crippen LogP contribution in [0.1, 0.15) is 27.8 Å². The maximum Gasteiger partial charge on any atom is 0.270 e. The predicted octanol–water partition coefficient (Wildman–Crippen LogP) is 3.16. The van der Waals surface area contributed by atoms with Crippen LogP contribution < -0.4 is 4.74 Å². The maximum atomic E-state index is 12.8. The number of amides is 2. The van der Waals surface area contributed by atoms with Crippen LogP contribution >= 0.6 is 0 Å². The van der Waals surface area contributed by atoms with Crippen molar-refractivity contribution in [1.82, 2.24) is 14.8 Å². The van der Waals surface area contributed by atoms with Crippen molar-refractivity contribution in [2.75, 3.05) is 32.8 Å². The highest BCUT2D eigenvalue weighted by Gasteiger charge is 2.26. The second-order valence-corrected chi connectivity index (χ2v) is 6.81. The normalized spacial score (nSPS) is 14.3. The summed E-state index contributed by atoms with van der Waals surface area (Å²) in [6.45, 7) is 4.62. The molecule has 1 fully saturated rings. The molecule has 1 N–H and O–H groups in total. The van der Waals surface area contributed by atoms with Crippen LogP contribution in [-0.2, 0) is 0 Å². The monoisotopic (exact) mass is 377 g/mol. The van der Waals surface area contributed by atoms with Crippen molar-refractivity contribution in [2.45, 2.75) is 6.92 Å². The van der Waals surface area contributed by atoms with Crippen molar-refractivity contribution in [3.8, 4) is 5.75 Å². The predicted molar refractivity (Wildman–Crippen MR) is 108 cm³/mol. The molecule has 2 amide bonds. The van der Waals surface area contributed by atoms with Gasteiger partial charge in [-0.25, -0.2) is 0 Å². The molecule has 6 nitrogen and oxygen atoms in total. The number of H-pyrrole nitrogens is 1. The number of aromatic amines is 1. The lowest BCUT2D eigenvalue weighted by molar-refractivity contribution is 0.0533. The van der Waals surface area contributed by atoms with Crippen LogP contribution in [-0.4, -0.2) is 59.4 Å². The number of nitrogens with one attached hydrogen (secondary N) is 1. The Morgan fingerprint density at radius 3 is 2.21 bits per heavy atom. The van der Waals surface area contributed by atoms with Crippen LogP contribution in [0.5, 0.6) is 5.75 Å². The van der Waals surface area contributed by atoms with Gasteiger partial charge in [0.15, 0.2) is 0 Å². The summed E-state index contributed by atoms with van der Waals surface area (Å²) >= 11 is 0. The van der Waals surface area contributed by atoms with Crippen LogP contribution in [0.3, 0.4) is 0 Å². The lowest BCUT2D eigenvalue weighted by Crippen LogP contribution is -2.50. The molecule has 4 rings (SSSR count). The summed E-state index contributed by atoms with van der Waals surface area (Å²) in [6, 6.07) is 16.9. The Hall–Kier alpha value is -3.28. The van der Waals surface area contributed by atoms with E-state index in [1.54, 1.807) is 21.9 Å². The molecule has 3 aromatic rings. The molecule has 0 radical (unpaired) electrons. The van der Waals surface area contributed by atoms with Crippen LogP contribution in [0, 0.1) is 0 Å². The molecule has 1 saturated heterocycles. The van der Waals surface area contributed by atoms with E-state index in [4.69, 9.17) is 4.74 Å². The van der Waals surface area contributed by atoms with Gasteiger partial charge in [0.05, 0.1) is 6.61 Å². The first-order chi connectivity index (χ1) is 13.7. The molecular weight excluding hydrogens is 354 g/mol. The van der Waals surface area contributed by atoms with Crippen LogP contribution in [0.4, 0.5) is 0 Å². The topological polar surface area (TPSA) is 65.6 Å². The summed E-state index contributed by atoms with van der Waals surface area (Å²) in [5, 5.41) is 1.02. The largest absolute Gasteiger partial charge is 0.494 e. The van der Waals surface area contributed by atoms with Crippen molar-refractivity contribution in [2.24, 2.45) is 0 Å². The first-order valence-electron chi connectivity index (χ1n) is 9.55. The molecule has 6 heteroatoms. The van der Waals surface area contributed by atoms with Crippen LogP contribution in [0.25, 0.3) is 10.9 Å². The first kappa shape index (κ1) is 18.1. The Morgan fingerprint density at radius 2 is 1.57 bits per heavy atom. The molecule has 1 aliphatic heterocycles. The minimum atomic E-state index is -0.0237. The summed E-state index contributed by atoms with van der Waals surface area (Å²) in [6.07, 6.45) is 0. The van der Waals surface area contributed by atoms with Gasteiger partial charge in [-0.05, 0) is 43.3 Å². The number of aromatic nitrogens is 1. The highest BCUT2D eigenvalue weighted by Crippen LogP contribution is 2.18. The molecule has 0 spiro atoms. The third-order valence-corrected chi connectivity index (χ3v) is 5.03. The van der Waals surface area contributed by atoms with E-state index in [-0.39, 0.29) is 11.8 Å². The second kappa shape index (κ2) is 7.76. The van der Waals surface area contributed by atoms with Gasteiger partial charge in [-0.3, -0.25) is 9.59 Å². The number of hydrogen-bond donors (Lipinski definition) is 1. The molecule has 1 aromatic heterocycles. The van der Waals surface area contributed by atoms with Gasteiger partial charge in [0.25, 0.3) is 11.8 Å². The third kappa shape index (κ3) is 3.58. The van der Waals surface area contributed by atoms with E-state index >= 15 is 0 Å². The van der Waals surface area contributed by atoms with Gasteiger partial charge in [0.2, 0.25) is 0 Å². The summed E-state index contributed by atoms with van der Waals surface area (Å²) in [4.78, 5) is 32.3. The molecule has 0 atom stereocenters. The lowest BCUT2D eigenvalue weighted by atomic mass is 10.1. The highest BCUT2D eigenvalue weighted by atomic mass is 16.5. The second-order valence-electron chi connectivity index (χ2n) is 6.81. The van der Waals surface area contributed by atoms with Gasteiger partial charge in [0, 0.05) is 42.6 Å². The fourth-order valence-electron chi connectivity index (χ4n) is 3.51. The first-order valence-corrected chi connectivity index (χ1v) is 9.55. The summed E-state index contributed by atoms with van der Waals surface area (Å²) in [7, 11) is 0. The van der Waals surface area contributed by atoms with Gasteiger partial charge < -0.3 is 19.5 Å². The fourth-order valence-corrected chi connectivity index (χ4v) is 3.51. The zero-order valence-corrected chi connectivity index (χ0v) is 15.9. The molecule has 0 saturated carbocycles. The Labute approximate surface area is 163 Å². The van der Waals surface area contributed by atoms with Gasteiger partial charge in [-0.2, -0.15) is 0 Å². The summed E-state index contributed by atoms with van der Waals surface area (Å²) in [5.41, 5.74) is 2.18. The van der Waals surface area contributed by atoms with Crippen molar-refractivity contribution in [3.05, 3.63) is 65.9 Å². The molecule has 0 aliphatic carbocycles. The van der Waals surface area contributed by atoms with E-state index in [0.29, 0.717) is 44.0 Å². The molecule has 144 valence electrons. The Morgan fingerprint density at radius 1 is 0.929 bits per heavy atom. The van der Waals surface area contributed by atoms with E-state index in [1.165, 1.54) is 0 Å². The molecule has 0 unspecified atom stereocenters. The number of hydrogen-bond acceptors (Lipinski definition) is 3. The van der Waals surface area contributed by atoms with Gasteiger partial charge >= 0.3 is 0 Å². The number of rotatable bonds is 4. The average Bonchev–Trinajstić information content (AvgIpc) is 3.18. The van der Waals surface area contributed by atoms with E-state index in [0.717, 1.165) is 16.7 Å². The molecule has 1 aliphatic rings. The lowest BCUT2D eigenvalue weighted by Gasteiger charge is -2.34. The van der Waals surface area contributed by atoms with Gasteiger partial charge in [0.1, 0.15) is 11.4 Å². The van der Waals surface area contributed by atoms with Crippen molar-refractivity contribution >= 4 is 22.7 Å².